The summed E-state index contributed by atoms with van der Waals surface area (Å²) in [5.74, 6) is 0.896. The Balaban J connectivity index is 1.32. The quantitative estimate of drug-likeness (QED) is 0.542. The summed E-state index contributed by atoms with van der Waals surface area (Å²) in [5, 5.41) is 6.06. The Morgan fingerprint density at radius 3 is 2.66 bits per heavy atom. The Kier molecular flexibility index (Phi) is 6.70. The number of hydrogen-bond acceptors (Lipinski definition) is 8. The number of hydrogen-bond donors (Lipinski definition) is 2. The Bertz CT molecular complexity index is 1360. The molecule has 194 valence electrons. The summed E-state index contributed by atoms with van der Waals surface area (Å²) in [7, 11) is 0. The zero-order valence-electron chi connectivity index (χ0n) is 20.9. The smallest absolute Gasteiger partial charge is 0.258 e. The molecule has 4 aliphatic heterocycles. The van der Waals surface area contributed by atoms with Gasteiger partial charge in [-0.3, -0.25) is 19.5 Å². The van der Waals surface area contributed by atoms with Gasteiger partial charge in [0.2, 0.25) is 5.91 Å². The number of nitrogens with one attached hydrogen (secondary N) is 2. The molecule has 0 saturated carbocycles. The molecule has 2 amide bonds. The van der Waals surface area contributed by atoms with Crippen LogP contribution in [0.2, 0.25) is 0 Å². The maximum atomic E-state index is 12.9. The highest BCUT2D eigenvalue weighted by molar-refractivity contribution is 6.13. The molecular formula is C28H29N7O3. The number of fused-ring (bicyclic) bond motifs is 7. The summed E-state index contributed by atoms with van der Waals surface area (Å²) in [6.07, 6.45) is 3.86. The Labute approximate surface area is 220 Å². The van der Waals surface area contributed by atoms with Gasteiger partial charge in [0.05, 0.1) is 11.3 Å². The topological polar surface area (TPSA) is 112 Å². The van der Waals surface area contributed by atoms with E-state index in [4.69, 9.17) is 4.74 Å². The van der Waals surface area contributed by atoms with Gasteiger partial charge >= 0.3 is 0 Å². The summed E-state index contributed by atoms with van der Waals surface area (Å²) in [5.41, 5.74) is 2.56. The van der Waals surface area contributed by atoms with Crippen molar-refractivity contribution in [1.82, 2.24) is 20.2 Å². The SMILES string of the molecule is O=C1COc2cccc(c2)N=CC2C(=O)Nc3ncnc(c32)N2CCN(CC2)C[C@@H](Cc2ccccc2)N1. The molecule has 10 nitrogen and oxygen atoms in total. The van der Waals surface area contributed by atoms with Crippen LogP contribution in [0.4, 0.5) is 17.3 Å². The van der Waals surface area contributed by atoms with Crippen molar-refractivity contribution in [2.45, 2.75) is 18.4 Å². The number of amides is 2. The number of rotatable bonds is 2. The molecule has 2 aromatic carbocycles. The fraction of sp³-hybridized carbons (Fsp3) is 0.321. The van der Waals surface area contributed by atoms with Crippen LogP contribution in [0.1, 0.15) is 17.0 Å². The third-order valence-corrected chi connectivity index (χ3v) is 7.10. The van der Waals surface area contributed by atoms with Gasteiger partial charge in [0.1, 0.15) is 29.6 Å². The van der Waals surface area contributed by atoms with E-state index in [0.717, 1.165) is 50.5 Å². The molecule has 7 rings (SSSR count). The van der Waals surface area contributed by atoms with Crippen molar-refractivity contribution in [3.8, 4) is 5.75 Å². The van der Waals surface area contributed by atoms with Crippen molar-refractivity contribution in [2.75, 3.05) is 49.5 Å². The Morgan fingerprint density at radius 1 is 0.974 bits per heavy atom. The minimum absolute atomic E-state index is 0.0654. The zero-order valence-corrected chi connectivity index (χ0v) is 20.9. The molecule has 3 aromatic rings. The van der Waals surface area contributed by atoms with Gasteiger partial charge in [0, 0.05) is 51.0 Å². The molecule has 4 aliphatic rings. The van der Waals surface area contributed by atoms with Crippen LogP contribution in [0, 0.1) is 0 Å². The zero-order chi connectivity index (χ0) is 25.9. The average molecular weight is 512 g/mol. The van der Waals surface area contributed by atoms with Crippen molar-refractivity contribution in [3.05, 3.63) is 72.1 Å². The Hall–Kier alpha value is -4.31. The van der Waals surface area contributed by atoms with Crippen molar-refractivity contribution in [2.24, 2.45) is 4.99 Å². The number of nitrogens with zero attached hydrogens (tertiary/aromatic N) is 5. The molecule has 1 saturated heterocycles. The highest BCUT2D eigenvalue weighted by Crippen LogP contribution is 2.37. The minimum atomic E-state index is -0.594. The van der Waals surface area contributed by atoms with Crippen LogP contribution in [0.5, 0.6) is 5.75 Å². The largest absolute Gasteiger partial charge is 0.484 e. The lowest BCUT2D eigenvalue weighted by Gasteiger charge is -2.37. The molecule has 5 heterocycles. The van der Waals surface area contributed by atoms with E-state index in [9.17, 15) is 9.59 Å². The highest BCUT2D eigenvalue weighted by Gasteiger charge is 2.36. The van der Waals surface area contributed by atoms with Crippen LogP contribution in [0.3, 0.4) is 0 Å². The number of anilines is 2. The van der Waals surface area contributed by atoms with Crippen LogP contribution in [-0.4, -0.2) is 78.3 Å². The number of ether oxygens (including phenoxy) is 1. The molecule has 1 unspecified atom stereocenters. The van der Waals surface area contributed by atoms with Gasteiger partial charge in [0.15, 0.2) is 6.61 Å². The average Bonchev–Trinajstić information content (AvgIpc) is 3.26. The standard InChI is InChI=1S/C28H29N7O3/c36-24-17-38-22-8-4-7-20(14-22)29-15-23-25-26(33-28(23)37)30-18-31-27(25)35-11-9-34(10-12-35)16-21(32-24)13-19-5-2-1-3-6-19/h1-8,14-15,18,21,23H,9-13,16-17H2,(H,32,36)(H,30,31,33,37)/t21-,23?/m1/s1. The second kappa shape index (κ2) is 10.6. The van der Waals surface area contributed by atoms with E-state index in [1.807, 2.05) is 30.3 Å². The second-order valence-corrected chi connectivity index (χ2v) is 9.73. The van der Waals surface area contributed by atoms with E-state index in [2.05, 4.69) is 47.5 Å². The van der Waals surface area contributed by atoms with Crippen LogP contribution >= 0.6 is 0 Å². The number of aliphatic imine (C=N–C) groups is 1. The van der Waals surface area contributed by atoms with Crippen molar-refractivity contribution < 1.29 is 14.3 Å². The van der Waals surface area contributed by atoms with Crippen molar-refractivity contribution in [3.63, 3.8) is 0 Å². The van der Waals surface area contributed by atoms with E-state index < -0.39 is 5.92 Å². The molecule has 0 radical (unpaired) electrons. The highest BCUT2D eigenvalue weighted by atomic mass is 16.5. The van der Waals surface area contributed by atoms with E-state index in [1.165, 1.54) is 11.9 Å². The number of benzene rings is 2. The van der Waals surface area contributed by atoms with Crippen LogP contribution < -0.4 is 20.3 Å². The minimum Gasteiger partial charge on any atom is -0.484 e. The van der Waals surface area contributed by atoms with Gasteiger partial charge < -0.3 is 20.3 Å². The van der Waals surface area contributed by atoms with Gasteiger partial charge in [-0.15, -0.1) is 0 Å². The fourth-order valence-corrected chi connectivity index (χ4v) is 5.24. The first-order valence-corrected chi connectivity index (χ1v) is 12.9. The molecule has 1 fully saturated rings. The van der Waals surface area contributed by atoms with E-state index in [-0.39, 0.29) is 24.5 Å². The maximum absolute atomic E-state index is 12.9. The van der Waals surface area contributed by atoms with Gasteiger partial charge in [-0.25, -0.2) is 9.97 Å². The fourth-order valence-electron chi connectivity index (χ4n) is 5.24. The number of piperazine rings is 1. The molecule has 10 heteroatoms. The maximum Gasteiger partial charge on any atom is 0.258 e. The lowest BCUT2D eigenvalue weighted by Crippen LogP contribution is -2.53. The predicted molar refractivity (Wildman–Crippen MR) is 144 cm³/mol. The first-order chi connectivity index (χ1) is 18.6. The van der Waals surface area contributed by atoms with Gasteiger partial charge in [-0.1, -0.05) is 36.4 Å². The normalized spacial score (nSPS) is 23.1. The van der Waals surface area contributed by atoms with Gasteiger partial charge in [-0.05, 0) is 24.1 Å². The third kappa shape index (κ3) is 5.21. The summed E-state index contributed by atoms with van der Waals surface area (Å²) < 4.78 is 5.80. The lowest BCUT2D eigenvalue weighted by atomic mass is 10.0. The summed E-state index contributed by atoms with van der Waals surface area (Å²) in [4.78, 5) is 43.8. The molecule has 1 aromatic heterocycles. The van der Waals surface area contributed by atoms with Crippen LogP contribution in [0.25, 0.3) is 0 Å². The summed E-state index contributed by atoms with van der Waals surface area (Å²) >= 11 is 0. The number of carbonyl (C=O) groups is 2. The lowest BCUT2D eigenvalue weighted by molar-refractivity contribution is -0.124. The monoisotopic (exact) mass is 511 g/mol. The van der Waals surface area contributed by atoms with Crippen molar-refractivity contribution >= 4 is 35.4 Å². The predicted octanol–water partition coefficient (Wildman–Crippen LogP) is 2.16. The van der Waals surface area contributed by atoms with E-state index in [1.54, 1.807) is 18.3 Å². The van der Waals surface area contributed by atoms with E-state index in [0.29, 0.717) is 17.3 Å². The second-order valence-electron chi connectivity index (χ2n) is 9.73. The molecule has 4 bridgehead atoms. The van der Waals surface area contributed by atoms with Crippen LogP contribution in [0.15, 0.2) is 65.9 Å². The number of aromatic nitrogens is 2. The Morgan fingerprint density at radius 2 is 1.82 bits per heavy atom. The number of carbonyl (C=O) groups excluding carboxylic acids is 2. The third-order valence-electron chi connectivity index (χ3n) is 7.10. The molecule has 0 spiro atoms. The first-order valence-electron chi connectivity index (χ1n) is 12.9. The van der Waals surface area contributed by atoms with Crippen LogP contribution in [-0.2, 0) is 16.0 Å². The molecule has 2 N–H and O–H groups in total. The first kappa shape index (κ1) is 24.1. The van der Waals surface area contributed by atoms with Gasteiger partial charge in [-0.2, -0.15) is 0 Å². The molecule has 0 aliphatic carbocycles. The molecular weight excluding hydrogens is 482 g/mol. The molecule has 2 atom stereocenters. The molecule has 38 heavy (non-hydrogen) atoms. The van der Waals surface area contributed by atoms with E-state index >= 15 is 0 Å². The summed E-state index contributed by atoms with van der Waals surface area (Å²) in [6.45, 7) is 3.74. The summed E-state index contributed by atoms with van der Waals surface area (Å²) in [6, 6.07) is 17.3. The van der Waals surface area contributed by atoms with Crippen molar-refractivity contribution in [1.29, 1.82) is 0 Å². The van der Waals surface area contributed by atoms with Gasteiger partial charge in [0.25, 0.3) is 5.91 Å².